The van der Waals surface area contributed by atoms with Gasteiger partial charge in [0.1, 0.15) is 0 Å². The first-order chi connectivity index (χ1) is 10.1. The molecule has 2 fully saturated rings. The molecule has 1 aliphatic heterocycles. The number of nitrogens with one attached hydrogen (secondary N) is 2. The van der Waals surface area contributed by atoms with Crippen LogP contribution in [0.1, 0.15) is 44.9 Å². The summed E-state index contributed by atoms with van der Waals surface area (Å²) in [5, 5.41) is 13.7. The Bertz CT molecular complexity index is 407. The lowest BCUT2D eigenvalue weighted by Gasteiger charge is -2.31. The van der Waals surface area contributed by atoms with Crippen molar-refractivity contribution in [2.24, 2.45) is 0 Å². The molecule has 21 heavy (non-hydrogen) atoms. The van der Waals surface area contributed by atoms with Crippen molar-refractivity contribution in [2.75, 3.05) is 13.1 Å². The monoisotopic (exact) mass is 297 g/mol. The third kappa shape index (κ3) is 4.61. The Hall–Kier alpha value is -1.79. The molecule has 1 aliphatic carbocycles. The standard InChI is InChI=1S/C14H23N3O4/c18-12-8-10(16-14(21)15-7-6-13(19)20)9-17(12)11-4-2-1-3-5-11/h10-11H,1-9H2,(H,19,20)(H2,15,16,21). The molecule has 0 aromatic heterocycles. The molecular formula is C14H23N3O4. The molecule has 2 aliphatic rings. The molecule has 1 atom stereocenters. The van der Waals surface area contributed by atoms with Gasteiger partial charge in [-0.25, -0.2) is 4.79 Å². The Morgan fingerprint density at radius 3 is 2.62 bits per heavy atom. The topological polar surface area (TPSA) is 98.7 Å². The summed E-state index contributed by atoms with van der Waals surface area (Å²) in [7, 11) is 0. The summed E-state index contributed by atoms with van der Waals surface area (Å²) < 4.78 is 0. The quantitative estimate of drug-likeness (QED) is 0.695. The predicted octanol–water partition coefficient (Wildman–Crippen LogP) is 0.694. The van der Waals surface area contributed by atoms with Gasteiger partial charge >= 0.3 is 12.0 Å². The first-order valence-electron chi connectivity index (χ1n) is 7.62. The number of nitrogens with zero attached hydrogens (tertiary/aromatic N) is 1. The summed E-state index contributed by atoms with van der Waals surface area (Å²) in [6.07, 6.45) is 5.93. The highest BCUT2D eigenvalue weighted by molar-refractivity contribution is 5.82. The van der Waals surface area contributed by atoms with Crippen LogP contribution in [0.5, 0.6) is 0 Å². The van der Waals surface area contributed by atoms with Crippen LogP contribution in [-0.2, 0) is 9.59 Å². The number of likely N-dealkylation sites (tertiary alicyclic amines) is 1. The SMILES string of the molecule is O=C(O)CCNC(=O)NC1CC(=O)N(C2CCCCC2)C1. The zero-order valence-electron chi connectivity index (χ0n) is 12.1. The normalized spacial score (nSPS) is 23.1. The van der Waals surface area contributed by atoms with Crippen LogP contribution in [-0.4, -0.2) is 53.1 Å². The van der Waals surface area contributed by atoms with E-state index in [2.05, 4.69) is 10.6 Å². The van der Waals surface area contributed by atoms with E-state index in [0.717, 1.165) is 12.8 Å². The lowest BCUT2D eigenvalue weighted by Crippen LogP contribution is -2.45. The van der Waals surface area contributed by atoms with Crippen LogP contribution < -0.4 is 10.6 Å². The van der Waals surface area contributed by atoms with Crippen molar-refractivity contribution in [3.63, 3.8) is 0 Å². The predicted molar refractivity (Wildman–Crippen MR) is 75.8 cm³/mol. The number of hydrogen-bond acceptors (Lipinski definition) is 3. The van der Waals surface area contributed by atoms with E-state index in [1.165, 1.54) is 19.3 Å². The Morgan fingerprint density at radius 1 is 1.24 bits per heavy atom. The second kappa shape index (κ2) is 7.28. The molecule has 1 saturated carbocycles. The van der Waals surface area contributed by atoms with Gasteiger partial charge in [0.05, 0.1) is 12.5 Å². The van der Waals surface area contributed by atoms with E-state index in [-0.39, 0.29) is 24.9 Å². The molecule has 1 unspecified atom stereocenters. The largest absolute Gasteiger partial charge is 0.481 e. The Kier molecular flexibility index (Phi) is 5.41. The van der Waals surface area contributed by atoms with E-state index < -0.39 is 12.0 Å². The van der Waals surface area contributed by atoms with Crippen LogP contribution in [0.3, 0.4) is 0 Å². The van der Waals surface area contributed by atoms with Gasteiger partial charge in [-0.2, -0.15) is 0 Å². The highest BCUT2D eigenvalue weighted by Gasteiger charge is 2.35. The summed E-state index contributed by atoms with van der Waals surface area (Å²) in [6.45, 7) is 0.657. The van der Waals surface area contributed by atoms with E-state index in [0.29, 0.717) is 19.0 Å². The number of rotatable bonds is 5. The highest BCUT2D eigenvalue weighted by atomic mass is 16.4. The van der Waals surface area contributed by atoms with Crippen LogP contribution in [0, 0.1) is 0 Å². The zero-order valence-corrected chi connectivity index (χ0v) is 12.1. The minimum atomic E-state index is -0.949. The van der Waals surface area contributed by atoms with Gasteiger partial charge in [-0.1, -0.05) is 19.3 Å². The smallest absolute Gasteiger partial charge is 0.315 e. The van der Waals surface area contributed by atoms with Gasteiger partial charge in [-0.15, -0.1) is 0 Å². The molecule has 1 saturated heterocycles. The van der Waals surface area contributed by atoms with Gasteiger partial charge in [-0.3, -0.25) is 9.59 Å². The molecule has 1 heterocycles. The molecule has 0 radical (unpaired) electrons. The zero-order chi connectivity index (χ0) is 15.2. The van der Waals surface area contributed by atoms with Gasteiger partial charge in [0.2, 0.25) is 5.91 Å². The second-order valence-corrected chi connectivity index (χ2v) is 5.78. The number of amides is 3. The van der Waals surface area contributed by atoms with E-state index in [9.17, 15) is 14.4 Å². The molecule has 0 bridgehead atoms. The minimum absolute atomic E-state index is 0.0914. The number of hydrogen-bond donors (Lipinski definition) is 3. The highest BCUT2D eigenvalue weighted by Crippen LogP contribution is 2.26. The van der Waals surface area contributed by atoms with Crippen LogP contribution in [0.25, 0.3) is 0 Å². The number of carboxylic acids is 1. The molecule has 0 spiro atoms. The van der Waals surface area contributed by atoms with Crippen molar-refractivity contribution in [2.45, 2.75) is 57.0 Å². The van der Waals surface area contributed by atoms with Gasteiger partial charge in [0, 0.05) is 25.6 Å². The summed E-state index contributed by atoms with van der Waals surface area (Å²) in [5.74, 6) is -0.840. The average molecular weight is 297 g/mol. The van der Waals surface area contributed by atoms with Crippen molar-refractivity contribution in [3.8, 4) is 0 Å². The lowest BCUT2D eigenvalue weighted by atomic mass is 9.94. The van der Waals surface area contributed by atoms with Crippen LogP contribution >= 0.6 is 0 Å². The third-order valence-electron chi connectivity index (χ3n) is 4.13. The molecule has 2 rings (SSSR count). The number of carboxylic acid groups (broad SMARTS) is 1. The first-order valence-corrected chi connectivity index (χ1v) is 7.62. The fraction of sp³-hybridized carbons (Fsp3) is 0.786. The number of carbonyl (C=O) groups is 3. The van der Waals surface area contributed by atoms with Crippen molar-refractivity contribution in [1.29, 1.82) is 0 Å². The third-order valence-corrected chi connectivity index (χ3v) is 4.13. The van der Waals surface area contributed by atoms with Gasteiger partial charge in [0.25, 0.3) is 0 Å². The molecule has 3 amide bonds. The van der Waals surface area contributed by atoms with Crippen molar-refractivity contribution < 1.29 is 19.5 Å². The maximum atomic E-state index is 12.0. The van der Waals surface area contributed by atoms with E-state index in [4.69, 9.17) is 5.11 Å². The molecule has 7 nitrogen and oxygen atoms in total. The van der Waals surface area contributed by atoms with Crippen LogP contribution in [0.15, 0.2) is 0 Å². The molecule has 0 aromatic rings. The lowest BCUT2D eigenvalue weighted by molar-refractivity contribution is -0.136. The molecule has 118 valence electrons. The van der Waals surface area contributed by atoms with Crippen molar-refractivity contribution in [1.82, 2.24) is 15.5 Å². The van der Waals surface area contributed by atoms with Crippen LogP contribution in [0.2, 0.25) is 0 Å². The number of urea groups is 1. The second-order valence-electron chi connectivity index (χ2n) is 5.78. The van der Waals surface area contributed by atoms with Gasteiger partial charge < -0.3 is 20.6 Å². The summed E-state index contributed by atoms with van der Waals surface area (Å²) in [5.41, 5.74) is 0. The van der Waals surface area contributed by atoms with Gasteiger partial charge in [0.15, 0.2) is 0 Å². The molecular weight excluding hydrogens is 274 g/mol. The van der Waals surface area contributed by atoms with E-state index in [1.807, 2.05) is 4.90 Å². The van der Waals surface area contributed by atoms with Gasteiger partial charge in [-0.05, 0) is 12.8 Å². The summed E-state index contributed by atoms with van der Waals surface area (Å²) in [6, 6.07) is -0.253. The fourth-order valence-electron chi connectivity index (χ4n) is 3.09. The Morgan fingerprint density at radius 2 is 1.95 bits per heavy atom. The van der Waals surface area contributed by atoms with Crippen LogP contribution in [0.4, 0.5) is 4.79 Å². The maximum absolute atomic E-state index is 12.0. The molecule has 0 aromatic carbocycles. The number of carbonyl (C=O) groups excluding carboxylic acids is 2. The minimum Gasteiger partial charge on any atom is -0.481 e. The van der Waals surface area contributed by atoms with E-state index in [1.54, 1.807) is 0 Å². The summed E-state index contributed by atoms with van der Waals surface area (Å²) in [4.78, 5) is 35.9. The van der Waals surface area contributed by atoms with E-state index >= 15 is 0 Å². The Labute approximate surface area is 124 Å². The molecule has 3 N–H and O–H groups in total. The van der Waals surface area contributed by atoms with Crippen molar-refractivity contribution in [3.05, 3.63) is 0 Å². The average Bonchev–Trinajstić information content (AvgIpc) is 2.80. The first kappa shape index (κ1) is 15.6. The fourth-order valence-corrected chi connectivity index (χ4v) is 3.09. The Balaban J connectivity index is 1.74. The maximum Gasteiger partial charge on any atom is 0.315 e. The number of aliphatic carboxylic acids is 1. The summed E-state index contributed by atoms with van der Waals surface area (Å²) >= 11 is 0. The van der Waals surface area contributed by atoms with Crippen molar-refractivity contribution >= 4 is 17.9 Å². The molecule has 7 heteroatoms.